The molecule has 0 amide bonds. The molecule has 2 nitrogen and oxygen atoms in total. The van der Waals surface area contributed by atoms with Gasteiger partial charge in [0.1, 0.15) is 5.15 Å². The third-order valence-corrected chi connectivity index (χ3v) is 2.16. The van der Waals surface area contributed by atoms with Crippen LogP contribution in [0.5, 0.6) is 0 Å². The molecule has 0 saturated heterocycles. The van der Waals surface area contributed by atoms with Crippen LogP contribution in [0.25, 0.3) is 0 Å². The highest BCUT2D eigenvalue weighted by Crippen LogP contribution is 2.21. The summed E-state index contributed by atoms with van der Waals surface area (Å²) in [7, 11) is 0. The molecule has 0 radical (unpaired) electrons. The first-order valence-corrected chi connectivity index (χ1v) is 3.90. The number of nitrogens with one attached hydrogen (secondary N) is 1. The second-order valence-electron chi connectivity index (χ2n) is 2.43. The third kappa shape index (κ3) is 1.31. The van der Waals surface area contributed by atoms with Crippen LogP contribution in [0.3, 0.4) is 0 Å². The molecule has 1 rings (SSSR count). The number of carbonyl (C=O) groups excluding carboxylic acids is 1. The molecule has 0 aliphatic heterocycles. The van der Waals surface area contributed by atoms with Crippen molar-refractivity contribution in [1.29, 1.82) is 0 Å². The van der Waals surface area contributed by atoms with Crippen LogP contribution in [0.4, 0.5) is 0 Å². The van der Waals surface area contributed by atoms with Gasteiger partial charge in [0.05, 0.1) is 5.69 Å². The molecule has 60 valence electrons. The van der Waals surface area contributed by atoms with E-state index < -0.39 is 0 Å². The van der Waals surface area contributed by atoms with Gasteiger partial charge in [0, 0.05) is 0 Å². The van der Waals surface area contributed by atoms with Crippen LogP contribution in [-0.4, -0.2) is 11.3 Å². The van der Waals surface area contributed by atoms with Crippen molar-refractivity contribution < 1.29 is 4.79 Å². The van der Waals surface area contributed by atoms with Gasteiger partial charge in [-0.15, -0.1) is 0 Å². The number of aromatic amines is 1. The fourth-order valence-electron chi connectivity index (χ4n) is 1.15. The molecule has 0 spiro atoms. The summed E-state index contributed by atoms with van der Waals surface area (Å²) in [6.07, 6.45) is 1.65. The molecular formula is C8H10ClNO. The topological polar surface area (TPSA) is 32.9 Å². The maximum Gasteiger partial charge on any atom is 0.166 e. The lowest BCUT2D eigenvalue weighted by atomic mass is 10.1. The van der Waals surface area contributed by atoms with E-state index in [1.807, 2.05) is 13.8 Å². The summed E-state index contributed by atoms with van der Waals surface area (Å²) in [6, 6.07) is 0. The Balaban J connectivity index is 3.24. The van der Waals surface area contributed by atoms with Crippen LogP contribution in [0.2, 0.25) is 5.15 Å². The minimum absolute atomic E-state index is 0.590. The lowest BCUT2D eigenvalue weighted by Crippen LogP contribution is -1.84. The zero-order chi connectivity index (χ0) is 8.43. The lowest BCUT2D eigenvalue weighted by molar-refractivity contribution is 0.111. The van der Waals surface area contributed by atoms with E-state index in [0.717, 1.165) is 23.8 Å². The molecule has 0 saturated carbocycles. The number of H-pyrrole nitrogens is 1. The average Bonchev–Trinajstić information content (AvgIpc) is 2.26. The maximum atomic E-state index is 10.4. The average molecular weight is 172 g/mol. The zero-order valence-corrected chi connectivity index (χ0v) is 7.33. The number of halogens is 1. The summed E-state index contributed by atoms with van der Waals surface area (Å²) in [4.78, 5) is 13.2. The minimum Gasteiger partial charge on any atom is -0.343 e. The van der Waals surface area contributed by atoms with E-state index >= 15 is 0 Å². The van der Waals surface area contributed by atoms with Gasteiger partial charge in [-0.2, -0.15) is 0 Å². The van der Waals surface area contributed by atoms with E-state index in [4.69, 9.17) is 11.6 Å². The molecule has 1 N–H and O–H groups in total. The molecule has 0 fully saturated rings. The molecule has 0 aliphatic carbocycles. The molecule has 1 aromatic rings. The van der Waals surface area contributed by atoms with Gasteiger partial charge in [-0.1, -0.05) is 18.5 Å². The number of rotatable bonds is 2. The molecule has 11 heavy (non-hydrogen) atoms. The van der Waals surface area contributed by atoms with Gasteiger partial charge in [0.25, 0.3) is 0 Å². The molecule has 0 bridgehead atoms. The molecule has 1 aromatic heterocycles. The molecule has 3 heteroatoms. The third-order valence-electron chi connectivity index (χ3n) is 1.84. The summed E-state index contributed by atoms with van der Waals surface area (Å²) < 4.78 is 0. The number of hydrogen-bond donors (Lipinski definition) is 1. The van der Waals surface area contributed by atoms with Gasteiger partial charge in [-0.25, -0.2) is 0 Å². The number of hydrogen-bond acceptors (Lipinski definition) is 1. The Hall–Kier alpha value is -0.760. The van der Waals surface area contributed by atoms with E-state index in [1.165, 1.54) is 0 Å². The Bertz CT molecular complexity index is 278. The van der Waals surface area contributed by atoms with Crippen LogP contribution in [-0.2, 0) is 6.42 Å². The van der Waals surface area contributed by atoms with Gasteiger partial charge in [-0.05, 0) is 24.5 Å². The first-order valence-electron chi connectivity index (χ1n) is 3.52. The van der Waals surface area contributed by atoms with Gasteiger partial charge in [-0.3, -0.25) is 4.79 Å². The Morgan fingerprint density at radius 3 is 2.55 bits per heavy atom. The van der Waals surface area contributed by atoms with Crippen LogP contribution in [0.1, 0.15) is 28.5 Å². The molecular weight excluding hydrogens is 162 g/mol. The Kier molecular flexibility index (Phi) is 2.35. The van der Waals surface area contributed by atoms with E-state index in [1.54, 1.807) is 0 Å². The van der Waals surface area contributed by atoms with Crippen LogP contribution >= 0.6 is 11.6 Å². The Morgan fingerprint density at radius 1 is 1.64 bits per heavy atom. The van der Waals surface area contributed by atoms with E-state index in [0.29, 0.717) is 10.8 Å². The van der Waals surface area contributed by atoms with Crippen LogP contribution in [0.15, 0.2) is 0 Å². The second-order valence-corrected chi connectivity index (χ2v) is 2.81. The first kappa shape index (κ1) is 8.34. The van der Waals surface area contributed by atoms with Crippen molar-refractivity contribution in [1.82, 2.24) is 4.98 Å². The van der Waals surface area contributed by atoms with Crippen molar-refractivity contribution in [2.45, 2.75) is 20.3 Å². The summed E-state index contributed by atoms with van der Waals surface area (Å²) in [6.45, 7) is 3.90. The number of carbonyl (C=O) groups is 1. The minimum atomic E-state index is 0.590. The predicted molar refractivity (Wildman–Crippen MR) is 45.3 cm³/mol. The number of aldehydes is 1. The predicted octanol–water partition coefficient (Wildman–Crippen LogP) is 2.35. The summed E-state index contributed by atoms with van der Waals surface area (Å²) >= 11 is 5.81. The smallest absolute Gasteiger partial charge is 0.166 e. The number of aromatic nitrogens is 1. The highest BCUT2D eigenvalue weighted by atomic mass is 35.5. The van der Waals surface area contributed by atoms with Gasteiger partial charge in [0.2, 0.25) is 0 Å². The van der Waals surface area contributed by atoms with E-state index in [-0.39, 0.29) is 0 Å². The standard InChI is InChI=1S/C8H10ClNO/c1-3-6-5(2)7(4-11)10-8(6)9/h4,10H,3H2,1-2H3. The summed E-state index contributed by atoms with van der Waals surface area (Å²) in [5.41, 5.74) is 2.59. The van der Waals surface area contributed by atoms with Crippen molar-refractivity contribution in [3.05, 3.63) is 22.0 Å². The second kappa shape index (κ2) is 3.09. The first-order chi connectivity index (χ1) is 5.20. The summed E-state index contributed by atoms with van der Waals surface area (Å²) in [5.74, 6) is 0. The fraction of sp³-hybridized carbons (Fsp3) is 0.375. The SMILES string of the molecule is CCc1c(Cl)[nH]c(C=O)c1C. The van der Waals surface area contributed by atoms with E-state index in [2.05, 4.69) is 4.98 Å². The molecule has 1 heterocycles. The van der Waals surface area contributed by atoms with Crippen molar-refractivity contribution in [2.75, 3.05) is 0 Å². The van der Waals surface area contributed by atoms with Crippen LogP contribution < -0.4 is 0 Å². The van der Waals surface area contributed by atoms with Gasteiger partial charge < -0.3 is 4.98 Å². The lowest BCUT2D eigenvalue weighted by Gasteiger charge is -1.92. The largest absolute Gasteiger partial charge is 0.343 e. The molecule has 0 aliphatic rings. The normalized spacial score (nSPS) is 10.1. The molecule has 0 atom stereocenters. The Morgan fingerprint density at radius 2 is 2.27 bits per heavy atom. The fourth-order valence-corrected chi connectivity index (χ4v) is 1.53. The van der Waals surface area contributed by atoms with Crippen molar-refractivity contribution in [3.8, 4) is 0 Å². The van der Waals surface area contributed by atoms with Gasteiger partial charge in [0.15, 0.2) is 6.29 Å². The quantitative estimate of drug-likeness (QED) is 0.681. The summed E-state index contributed by atoms with van der Waals surface area (Å²) in [5, 5.41) is 0.590. The highest BCUT2D eigenvalue weighted by Gasteiger charge is 2.09. The van der Waals surface area contributed by atoms with Crippen molar-refractivity contribution in [3.63, 3.8) is 0 Å². The zero-order valence-electron chi connectivity index (χ0n) is 6.57. The molecule has 0 unspecified atom stereocenters. The van der Waals surface area contributed by atoms with Crippen LogP contribution in [0, 0.1) is 6.92 Å². The molecule has 0 aromatic carbocycles. The Labute approximate surface area is 70.6 Å². The maximum absolute atomic E-state index is 10.4. The monoisotopic (exact) mass is 171 g/mol. The van der Waals surface area contributed by atoms with Gasteiger partial charge >= 0.3 is 0 Å². The van der Waals surface area contributed by atoms with Crippen molar-refractivity contribution >= 4 is 17.9 Å². The highest BCUT2D eigenvalue weighted by molar-refractivity contribution is 6.30. The van der Waals surface area contributed by atoms with Crippen molar-refractivity contribution in [2.24, 2.45) is 0 Å². The van der Waals surface area contributed by atoms with E-state index in [9.17, 15) is 4.79 Å².